The molecule has 0 N–H and O–H groups in total. The first kappa shape index (κ1) is 31.4. The van der Waals surface area contributed by atoms with Gasteiger partial charge in [0.1, 0.15) is 0 Å². The summed E-state index contributed by atoms with van der Waals surface area (Å²) in [4.78, 5) is 2.45. The van der Waals surface area contributed by atoms with Gasteiger partial charge in [-0.15, -0.1) is 0 Å². The van der Waals surface area contributed by atoms with Crippen LogP contribution in [0.3, 0.4) is 0 Å². The third-order valence-electron chi connectivity index (χ3n) is 11.6. The molecule has 0 aliphatic heterocycles. The van der Waals surface area contributed by atoms with Crippen LogP contribution in [0.1, 0.15) is 22.3 Å². The summed E-state index contributed by atoms with van der Waals surface area (Å²) in [7, 11) is 0. The largest absolute Gasteiger partial charge is 0.310 e. The topological polar surface area (TPSA) is 8.17 Å². The van der Waals surface area contributed by atoms with Gasteiger partial charge in [-0.1, -0.05) is 158 Å². The average molecular weight is 701 g/mol. The molecule has 1 aromatic heterocycles. The summed E-state index contributed by atoms with van der Waals surface area (Å²) in [5.41, 5.74) is 14.1. The molecule has 0 saturated heterocycles. The maximum Gasteiger partial charge on any atom is 0.0714 e. The lowest BCUT2D eigenvalue weighted by molar-refractivity contribution is 0.768. The Hall–Kier alpha value is -7.16. The Labute approximate surface area is 320 Å². The zero-order valence-electron chi connectivity index (χ0n) is 30.2. The minimum Gasteiger partial charge on any atom is -0.310 e. The summed E-state index contributed by atoms with van der Waals surface area (Å²) in [5.74, 6) is 0. The van der Waals surface area contributed by atoms with Crippen LogP contribution in [0.2, 0.25) is 0 Å². The van der Waals surface area contributed by atoms with Gasteiger partial charge in [0.05, 0.1) is 16.4 Å². The van der Waals surface area contributed by atoms with Crippen molar-refractivity contribution in [3.63, 3.8) is 0 Å². The third-order valence-corrected chi connectivity index (χ3v) is 11.6. The predicted octanol–water partition coefficient (Wildman–Crippen LogP) is 13.8. The number of rotatable bonds is 6. The minimum atomic E-state index is -0.493. The number of fused-ring (bicyclic) bond motifs is 7. The molecule has 10 aromatic rings. The minimum absolute atomic E-state index is 0.493. The van der Waals surface area contributed by atoms with E-state index in [0.29, 0.717) is 0 Å². The molecule has 11 rings (SSSR count). The van der Waals surface area contributed by atoms with Crippen molar-refractivity contribution in [2.45, 2.75) is 5.41 Å². The molecule has 1 aliphatic rings. The first-order chi connectivity index (χ1) is 27.3. The number of benzene rings is 9. The molecule has 55 heavy (non-hydrogen) atoms. The van der Waals surface area contributed by atoms with Crippen LogP contribution >= 0.6 is 0 Å². The number of para-hydroxylation sites is 2. The summed E-state index contributed by atoms with van der Waals surface area (Å²) in [5, 5.41) is 4.89. The van der Waals surface area contributed by atoms with Gasteiger partial charge in [-0.05, 0) is 105 Å². The van der Waals surface area contributed by atoms with E-state index in [4.69, 9.17) is 0 Å². The lowest BCUT2D eigenvalue weighted by Crippen LogP contribution is -2.28. The highest BCUT2D eigenvalue weighted by atomic mass is 15.1. The monoisotopic (exact) mass is 700 g/mol. The van der Waals surface area contributed by atoms with Crippen molar-refractivity contribution in [1.82, 2.24) is 4.57 Å². The second-order valence-corrected chi connectivity index (χ2v) is 14.5. The van der Waals surface area contributed by atoms with Gasteiger partial charge < -0.3 is 9.47 Å². The van der Waals surface area contributed by atoms with Crippen molar-refractivity contribution in [3.05, 3.63) is 241 Å². The lowest BCUT2D eigenvalue weighted by atomic mass is 9.67. The second-order valence-electron chi connectivity index (χ2n) is 14.5. The summed E-state index contributed by atoms with van der Waals surface area (Å²) in [6.45, 7) is 0. The quantitative estimate of drug-likeness (QED) is 0.168. The van der Waals surface area contributed by atoms with E-state index in [2.05, 4.69) is 228 Å². The number of aromatic nitrogens is 1. The number of hydrogen-bond acceptors (Lipinski definition) is 1. The smallest absolute Gasteiger partial charge is 0.0714 e. The van der Waals surface area contributed by atoms with Crippen LogP contribution in [-0.2, 0) is 5.41 Å². The first-order valence-electron chi connectivity index (χ1n) is 19.0. The van der Waals surface area contributed by atoms with Gasteiger partial charge >= 0.3 is 0 Å². The number of anilines is 3. The van der Waals surface area contributed by atoms with E-state index < -0.39 is 5.41 Å². The Morgan fingerprint density at radius 3 is 1.67 bits per heavy atom. The maximum atomic E-state index is 2.46. The molecule has 258 valence electrons. The van der Waals surface area contributed by atoms with Gasteiger partial charge in [0.15, 0.2) is 0 Å². The Bertz CT molecular complexity index is 2990. The Balaban J connectivity index is 1.19. The summed E-state index contributed by atoms with van der Waals surface area (Å²) < 4.78 is 2.38. The van der Waals surface area contributed by atoms with Crippen LogP contribution < -0.4 is 4.90 Å². The lowest BCUT2D eigenvalue weighted by Gasteiger charge is -2.35. The molecule has 0 atom stereocenters. The SMILES string of the molecule is c1ccc(-n2c3ccccc3c3cc(N(c4ccc5c(c4)C(c4ccccc4)(c4ccccc4)c4ccccc4-5)c4ccc5ccccc5c4)ccc32)cc1. The van der Waals surface area contributed by atoms with Crippen molar-refractivity contribution < 1.29 is 0 Å². The molecular weight excluding hydrogens is 665 g/mol. The van der Waals surface area contributed by atoms with E-state index in [1.165, 1.54) is 66.0 Å². The van der Waals surface area contributed by atoms with Crippen molar-refractivity contribution >= 4 is 49.6 Å². The van der Waals surface area contributed by atoms with Crippen LogP contribution in [-0.4, -0.2) is 4.57 Å². The van der Waals surface area contributed by atoms with E-state index in [0.717, 1.165) is 22.7 Å². The van der Waals surface area contributed by atoms with Crippen molar-refractivity contribution in [2.75, 3.05) is 4.90 Å². The van der Waals surface area contributed by atoms with Gasteiger partial charge in [0.25, 0.3) is 0 Å². The third kappa shape index (κ3) is 4.75. The number of hydrogen-bond donors (Lipinski definition) is 0. The van der Waals surface area contributed by atoms with E-state index in [1.807, 2.05) is 0 Å². The van der Waals surface area contributed by atoms with E-state index in [-0.39, 0.29) is 0 Å². The van der Waals surface area contributed by atoms with Crippen LogP contribution in [0.15, 0.2) is 218 Å². The Morgan fingerprint density at radius 2 is 0.891 bits per heavy atom. The fraction of sp³-hybridized carbons (Fsp3) is 0.0189. The highest BCUT2D eigenvalue weighted by Gasteiger charge is 2.46. The molecule has 2 nitrogen and oxygen atoms in total. The molecule has 0 bridgehead atoms. The van der Waals surface area contributed by atoms with Gasteiger partial charge in [-0.2, -0.15) is 0 Å². The van der Waals surface area contributed by atoms with E-state index in [9.17, 15) is 0 Å². The average Bonchev–Trinajstić information content (AvgIpc) is 3.75. The fourth-order valence-corrected chi connectivity index (χ4v) is 9.29. The van der Waals surface area contributed by atoms with E-state index >= 15 is 0 Å². The molecule has 0 fully saturated rings. The molecule has 0 saturated carbocycles. The summed E-state index contributed by atoms with van der Waals surface area (Å²) in [6.07, 6.45) is 0. The standard InChI is InChI=1S/C53H36N2/c1-4-18-39(19-5-1)53(40-20-6-2-7-21-40)49-26-14-12-24-45(49)46-32-30-44(36-50(46)53)54(42-29-28-37-16-10-11-17-38(37)34-42)43-31-33-52-48(35-43)47-25-13-15-27-51(47)55(52)41-22-8-3-9-23-41/h1-36H. The molecule has 9 aromatic carbocycles. The van der Waals surface area contributed by atoms with Gasteiger partial charge in [-0.3, -0.25) is 0 Å². The Kier molecular flexibility index (Phi) is 7.11. The second kappa shape index (κ2) is 12.5. The predicted molar refractivity (Wildman–Crippen MR) is 230 cm³/mol. The molecule has 1 heterocycles. The van der Waals surface area contributed by atoms with Crippen molar-refractivity contribution in [3.8, 4) is 16.8 Å². The van der Waals surface area contributed by atoms with Crippen molar-refractivity contribution in [1.29, 1.82) is 0 Å². The van der Waals surface area contributed by atoms with Crippen LogP contribution in [0.4, 0.5) is 17.1 Å². The maximum absolute atomic E-state index is 2.46. The van der Waals surface area contributed by atoms with Gasteiger partial charge in [-0.25, -0.2) is 0 Å². The van der Waals surface area contributed by atoms with E-state index in [1.54, 1.807) is 0 Å². The van der Waals surface area contributed by atoms with Crippen LogP contribution in [0.25, 0.3) is 49.4 Å². The number of nitrogens with zero attached hydrogens (tertiary/aromatic N) is 2. The normalized spacial score (nSPS) is 12.9. The summed E-state index contributed by atoms with van der Waals surface area (Å²) in [6, 6.07) is 80.1. The first-order valence-corrected chi connectivity index (χ1v) is 19.0. The van der Waals surface area contributed by atoms with Crippen molar-refractivity contribution in [2.24, 2.45) is 0 Å². The highest BCUT2D eigenvalue weighted by molar-refractivity contribution is 6.11. The zero-order valence-corrected chi connectivity index (χ0v) is 30.2. The van der Waals surface area contributed by atoms with Gasteiger partial charge in [0, 0.05) is 33.5 Å². The van der Waals surface area contributed by atoms with Crippen LogP contribution in [0.5, 0.6) is 0 Å². The van der Waals surface area contributed by atoms with Gasteiger partial charge in [0.2, 0.25) is 0 Å². The molecule has 2 heteroatoms. The highest BCUT2D eigenvalue weighted by Crippen LogP contribution is 2.57. The Morgan fingerprint density at radius 1 is 0.345 bits per heavy atom. The zero-order chi connectivity index (χ0) is 36.3. The van der Waals surface area contributed by atoms with Crippen LogP contribution in [0, 0.1) is 0 Å². The molecule has 1 aliphatic carbocycles. The molecule has 0 radical (unpaired) electrons. The molecular formula is C53H36N2. The molecule has 0 unspecified atom stereocenters. The summed E-state index contributed by atoms with van der Waals surface area (Å²) >= 11 is 0. The molecule has 0 amide bonds. The fourth-order valence-electron chi connectivity index (χ4n) is 9.29. The molecule has 0 spiro atoms.